The second kappa shape index (κ2) is 11.4. The van der Waals surface area contributed by atoms with Crippen molar-refractivity contribution < 1.29 is 24.1 Å². The average molecular weight is 406 g/mol. The molecule has 0 bridgehead atoms. The van der Waals surface area contributed by atoms with Crippen LogP contribution < -0.4 is 15.8 Å². The Morgan fingerprint density at radius 1 is 0.862 bits per heavy atom. The van der Waals surface area contributed by atoms with E-state index < -0.39 is 9.85 Å². The van der Waals surface area contributed by atoms with E-state index >= 15 is 0 Å². The lowest BCUT2D eigenvalue weighted by atomic mass is 10.2. The molecule has 0 heterocycles. The molecule has 0 aliphatic heterocycles. The first kappa shape index (κ1) is 21.9. The molecule has 29 heavy (non-hydrogen) atoms. The van der Waals surface area contributed by atoms with Gasteiger partial charge in [-0.25, -0.2) is 0 Å². The first-order chi connectivity index (χ1) is 14.0. The van der Waals surface area contributed by atoms with Gasteiger partial charge < -0.3 is 25.3 Å². The van der Waals surface area contributed by atoms with Crippen LogP contribution in [-0.4, -0.2) is 49.4 Å². The molecule has 156 valence electrons. The molecule has 0 aliphatic carbocycles. The van der Waals surface area contributed by atoms with Gasteiger partial charge in [-0.1, -0.05) is 0 Å². The maximum Gasteiger partial charge on any atom is 0.299 e. The molecule has 0 saturated carbocycles. The van der Waals surface area contributed by atoms with Crippen LogP contribution in [0.25, 0.3) is 0 Å². The van der Waals surface area contributed by atoms with Gasteiger partial charge in [-0.05, 0) is 30.3 Å². The summed E-state index contributed by atoms with van der Waals surface area (Å²) in [6, 6.07) is 10.5. The van der Waals surface area contributed by atoms with Crippen molar-refractivity contribution in [3.8, 4) is 5.75 Å². The van der Waals surface area contributed by atoms with Crippen molar-refractivity contribution in [3.05, 3.63) is 62.7 Å². The highest BCUT2D eigenvalue weighted by molar-refractivity contribution is 5.65. The molecule has 2 aromatic carbocycles. The van der Waals surface area contributed by atoms with Crippen LogP contribution in [0.2, 0.25) is 0 Å². The van der Waals surface area contributed by atoms with Crippen molar-refractivity contribution in [1.29, 1.82) is 0 Å². The van der Waals surface area contributed by atoms with Crippen LogP contribution in [0.15, 0.2) is 42.5 Å². The number of nitro groups is 2. The van der Waals surface area contributed by atoms with Gasteiger partial charge >= 0.3 is 0 Å². The first-order valence-electron chi connectivity index (χ1n) is 8.78. The van der Waals surface area contributed by atoms with E-state index in [0.717, 1.165) is 6.07 Å². The zero-order valence-electron chi connectivity index (χ0n) is 15.6. The number of nitrogens with two attached hydrogens (primary N) is 1. The van der Waals surface area contributed by atoms with Crippen molar-refractivity contribution in [2.75, 3.05) is 50.6 Å². The van der Waals surface area contributed by atoms with Crippen molar-refractivity contribution in [3.63, 3.8) is 0 Å². The molecule has 0 atom stereocenters. The molecule has 0 radical (unpaired) electrons. The van der Waals surface area contributed by atoms with Gasteiger partial charge in [0.05, 0.1) is 42.3 Å². The summed E-state index contributed by atoms with van der Waals surface area (Å²) in [6.45, 7) is 2.13. The van der Waals surface area contributed by atoms with Gasteiger partial charge in [0.15, 0.2) is 0 Å². The highest BCUT2D eigenvalue weighted by atomic mass is 16.6. The summed E-state index contributed by atoms with van der Waals surface area (Å²) in [5.41, 5.74) is 5.76. The summed E-state index contributed by atoms with van der Waals surface area (Å²) in [7, 11) is 0. The fraction of sp³-hybridized carbons (Fsp3) is 0.333. The predicted molar refractivity (Wildman–Crippen MR) is 106 cm³/mol. The zero-order chi connectivity index (χ0) is 21.1. The molecule has 0 amide bonds. The molecule has 0 unspecified atom stereocenters. The number of hydrogen-bond donors (Lipinski definition) is 2. The van der Waals surface area contributed by atoms with E-state index in [2.05, 4.69) is 5.32 Å². The van der Waals surface area contributed by atoms with Crippen molar-refractivity contribution in [2.24, 2.45) is 0 Å². The lowest BCUT2D eigenvalue weighted by Gasteiger charge is -2.09. The molecule has 0 fully saturated rings. The number of anilines is 2. The summed E-state index contributed by atoms with van der Waals surface area (Å²) >= 11 is 0. The summed E-state index contributed by atoms with van der Waals surface area (Å²) < 4.78 is 16.2. The minimum atomic E-state index is -0.680. The van der Waals surface area contributed by atoms with E-state index in [1.807, 2.05) is 0 Å². The van der Waals surface area contributed by atoms with Gasteiger partial charge in [0.1, 0.15) is 18.0 Å². The van der Waals surface area contributed by atoms with Gasteiger partial charge in [0.2, 0.25) is 0 Å². The van der Waals surface area contributed by atoms with Crippen molar-refractivity contribution >= 4 is 22.7 Å². The summed E-state index contributed by atoms with van der Waals surface area (Å²) in [4.78, 5) is 20.4. The van der Waals surface area contributed by atoms with Crippen LogP contribution in [0.5, 0.6) is 5.75 Å². The maximum absolute atomic E-state index is 11.0. The number of ether oxygens (including phenoxy) is 3. The largest absolute Gasteiger partial charge is 0.491 e. The van der Waals surface area contributed by atoms with Crippen LogP contribution in [0, 0.1) is 20.2 Å². The van der Waals surface area contributed by atoms with E-state index in [4.69, 9.17) is 19.9 Å². The summed E-state index contributed by atoms with van der Waals surface area (Å²) in [5, 5.41) is 24.6. The minimum absolute atomic E-state index is 0.195. The van der Waals surface area contributed by atoms with Crippen LogP contribution in [-0.2, 0) is 9.47 Å². The molecule has 0 spiro atoms. The highest BCUT2D eigenvalue weighted by Gasteiger charge is 2.18. The Morgan fingerprint density at radius 2 is 1.52 bits per heavy atom. The second-order valence-electron chi connectivity index (χ2n) is 5.78. The normalized spacial score (nSPS) is 10.5. The smallest absolute Gasteiger partial charge is 0.299 e. The molecular formula is C18H22N4O7. The third-order valence-electron chi connectivity index (χ3n) is 3.70. The standard InChI is InChI=1S/C18H22N4O7/c19-14-1-4-16(5-2-14)29-12-11-28-10-9-27-8-7-20-17-6-3-15(21(23)24)13-18(17)22(25)26/h1-6,13,20H,7-12,19H2. The Bertz CT molecular complexity index is 814. The molecule has 0 saturated heterocycles. The number of non-ortho nitro benzene ring substituents is 1. The number of benzene rings is 2. The number of rotatable bonds is 13. The third-order valence-corrected chi connectivity index (χ3v) is 3.70. The molecular weight excluding hydrogens is 384 g/mol. The molecule has 0 aromatic heterocycles. The molecule has 11 nitrogen and oxygen atoms in total. The Hall–Kier alpha value is -3.44. The lowest BCUT2D eigenvalue weighted by Crippen LogP contribution is -2.15. The number of nitrogens with one attached hydrogen (secondary N) is 1. The SMILES string of the molecule is Nc1ccc(OCCOCCOCCNc2ccc([N+](=O)[O-])cc2[N+](=O)[O-])cc1. The predicted octanol–water partition coefficient (Wildman–Crippen LogP) is 2.61. The highest BCUT2D eigenvalue weighted by Crippen LogP contribution is 2.28. The van der Waals surface area contributed by atoms with Gasteiger partial charge in [0, 0.05) is 18.3 Å². The third kappa shape index (κ3) is 7.60. The van der Waals surface area contributed by atoms with E-state index in [1.165, 1.54) is 12.1 Å². The molecule has 2 aromatic rings. The monoisotopic (exact) mass is 406 g/mol. The number of nitrogens with zero attached hydrogens (tertiary/aromatic N) is 2. The van der Waals surface area contributed by atoms with Crippen LogP contribution in [0.4, 0.5) is 22.7 Å². The summed E-state index contributed by atoms with van der Waals surface area (Å²) in [6.07, 6.45) is 0. The quantitative estimate of drug-likeness (QED) is 0.221. The Kier molecular flexibility index (Phi) is 8.60. The topological polar surface area (TPSA) is 152 Å². The lowest BCUT2D eigenvalue weighted by molar-refractivity contribution is -0.393. The van der Waals surface area contributed by atoms with Crippen LogP contribution in [0.3, 0.4) is 0 Å². The zero-order valence-corrected chi connectivity index (χ0v) is 15.6. The first-order valence-corrected chi connectivity index (χ1v) is 8.78. The van der Waals surface area contributed by atoms with E-state index in [-0.39, 0.29) is 17.1 Å². The van der Waals surface area contributed by atoms with Crippen LogP contribution in [0.1, 0.15) is 0 Å². The van der Waals surface area contributed by atoms with Crippen LogP contribution >= 0.6 is 0 Å². The van der Waals surface area contributed by atoms with E-state index in [1.54, 1.807) is 24.3 Å². The van der Waals surface area contributed by atoms with Gasteiger partial charge in [-0.15, -0.1) is 0 Å². The number of hydrogen-bond acceptors (Lipinski definition) is 9. The molecule has 0 aliphatic rings. The Balaban J connectivity index is 1.56. The molecule has 2 rings (SSSR count). The second-order valence-corrected chi connectivity index (χ2v) is 5.78. The van der Waals surface area contributed by atoms with E-state index in [0.29, 0.717) is 51.0 Å². The maximum atomic E-state index is 11.0. The minimum Gasteiger partial charge on any atom is -0.491 e. The molecule has 3 N–H and O–H groups in total. The van der Waals surface area contributed by atoms with Gasteiger partial charge in [0.25, 0.3) is 11.4 Å². The fourth-order valence-corrected chi connectivity index (χ4v) is 2.30. The van der Waals surface area contributed by atoms with E-state index in [9.17, 15) is 20.2 Å². The Labute approximate surface area is 166 Å². The van der Waals surface area contributed by atoms with Gasteiger partial charge in [-0.3, -0.25) is 20.2 Å². The average Bonchev–Trinajstić information content (AvgIpc) is 2.70. The summed E-state index contributed by atoms with van der Waals surface area (Å²) in [5.74, 6) is 0.713. The Morgan fingerprint density at radius 3 is 2.17 bits per heavy atom. The number of nitro benzene ring substituents is 2. The van der Waals surface area contributed by atoms with Crippen molar-refractivity contribution in [2.45, 2.75) is 0 Å². The number of nitrogen functional groups attached to an aromatic ring is 1. The molecule has 11 heteroatoms. The van der Waals surface area contributed by atoms with Crippen molar-refractivity contribution in [1.82, 2.24) is 0 Å². The fourth-order valence-electron chi connectivity index (χ4n) is 2.30. The van der Waals surface area contributed by atoms with Gasteiger partial charge in [-0.2, -0.15) is 0 Å².